The van der Waals surface area contributed by atoms with Crippen molar-refractivity contribution in [1.82, 2.24) is 5.32 Å². The molecule has 0 fully saturated rings. The van der Waals surface area contributed by atoms with Gasteiger partial charge >= 0.3 is 12.1 Å². The summed E-state index contributed by atoms with van der Waals surface area (Å²) in [6, 6.07) is 11.8. The highest BCUT2D eigenvalue weighted by atomic mass is 16.6. The molecule has 1 amide bonds. The Labute approximate surface area is 191 Å². The number of carbonyl (C=O) groups is 2. The Morgan fingerprint density at radius 1 is 1.06 bits per heavy atom. The lowest BCUT2D eigenvalue weighted by atomic mass is 10.1. The summed E-state index contributed by atoms with van der Waals surface area (Å²) >= 11 is 0. The van der Waals surface area contributed by atoms with Crippen molar-refractivity contribution in [2.24, 2.45) is 5.92 Å². The number of alkyl carbamates (subject to hydrolysis) is 1. The number of amides is 1. The molecule has 3 rings (SSSR count). The Morgan fingerprint density at radius 2 is 1.73 bits per heavy atom. The number of fused-ring (bicyclic) bond motifs is 1. The molecule has 0 aliphatic carbocycles. The molecule has 0 bridgehead atoms. The second-order valence-electron chi connectivity index (χ2n) is 8.95. The van der Waals surface area contributed by atoms with Crippen molar-refractivity contribution in [1.29, 1.82) is 0 Å². The number of rotatable bonds is 5. The highest BCUT2D eigenvalue weighted by Gasteiger charge is 2.29. The van der Waals surface area contributed by atoms with Gasteiger partial charge in [-0.05, 0) is 26.7 Å². The summed E-state index contributed by atoms with van der Waals surface area (Å²) in [7, 11) is 0. The quantitative estimate of drug-likeness (QED) is 0.428. The lowest BCUT2D eigenvalue weighted by Gasteiger charge is -2.24. The van der Waals surface area contributed by atoms with E-state index in [2.05, 4.69) is 5.32 Å². The van der Waals surface area contributed by atoms with Crippen LogP contribution in [-0.4, -0.2) is 28.8 Å². The molecule has 1 heterocycles. The monoisotopic (exact) mass is 453 g/mol. The van der Waals surface area contributed by atoms with E-state index in [0.29, 0.717) is 11.3 Å². The maximum atomic E-state index is 12.8. The van der Waals surface area contributed by atoms with Gasteiger partial charge in [-0.25, -0.2) is 9.59 Å². The standard InChI is InChI=1S/C25H27NO7/c1-14(2)22(26-24(30)33-25(3,4)5)23(29)31-16-11-17(27)21-18(28)13-19(32-20(21)12-16)15-9-7-6-8-10-15/h6-14,22,27H,1-5H3,(H,26,30). The van der Waals surface area contributed by atoms with E-state index < -0.39 is 29.1 Å². The molecule has 2 N–H and O–H groups in total. The van der Waals surface area contributed by atoms with Gasteiger partial charge in [0.2, 0.25) is 0 Å². The minimum Gasteiger partial charge on any atom is -0.507 e. The van der Waals surface area contributed by atoms with Crippen LogP contribution in [0.3, 0.4) is 0 Å². The predicted octanol–water partition coefficient (Wildman–Crippen LogP) is 4.62. The molecule has 8 nitrogen and oxygen atoms in total. The topological polar surface area (TPSA) is 115 Å². The Hall–Kier alpha value is -3.81. The van der Waals surface area contributed by atoms with E-state index in [1.165, 1.54) is 12.1 Å². The highest BCUT2D eigenvalue weighted by Crippen LogP contribution is 2.31. The van der Waals surface area contributed by atoms with E-state index in [1.807, 2.05) is 6.07 Å². The van der Waals surface area contributed by atoms with E-state index in [9.17, 15) is 19.5 Å². The lowest BCUT2D eigenvalue weighted by molar-refractivity contribution is -0.137. The molecule has 1 atom stereocenters. The van der Waals surface area contributed by atoms with Gasteiger partial charge in [-0.15, -0.1) is 0 Å². The molecule has 0 aliphatic heterocycles. The first kappa shape index (κ1) is 23.8. The molecule has 0 radical (unpaired) electrons. The zero-order valence-electron chi connectivity index (χ0n) is 19.2. The van der Waals surface area contributed by atoms with Gasteiger partial charge in [0.1, 0.15) is 39.9 Å². The van der Waals surface area contributed by atoms with E-state index in [-0.39, 0.29) is 28.4 Å². The van der Waals surface area contributed by atoms with Gasteiger partial charge in [0, 0.05) is 23.8 Å². The van der Waals surface area contributed by atoms with Gasteiger partial charge in [-0.2, -0.15) is 0 Å². The van der Waals surface area contributed by atoms with Gasteiger partial charge < -0.3 is 24.3 Å². The van der Waals surface area contributed by atoms with Crippen LogP contribution < -0.4 is 15.5 Å². The van der Waals surface area contributed by atoms with Crippen LogP contribution in [0.25, 0.3) is 22.3 Å². The summed E-state index contributed by atoms with van der Waals surface area (Å²) in [5, 5.41) is 12.9. The number of hydrogen-bond donors (Lipinski definition) is 2. The van der Waals surface area contributed by atoms with Crippen molar-refractivity contribution in [3.8, 4) is 22.8 Å². The van der Waals surface area contributed by atoms with Crippen LogP contribution in [0, 0.1) is 5.92 Å². The summed E-state index contributed by atoms with van der Waals surface area (Å²) in [5.41, 5.74) is -0.421. The summed E-state index contributed by atoms with van der Waals surface area (Å²) in [4.78, 5) is 37.5. The fourth-order valence-corrected chi connectivity index (χ4v) is 3.16. The van der Waals surface area contributed by atoms with E-state index in [1.54, 1.807) is 58.9 Å². The summed E-state index contributed by atoms with van der Waals surface area (Å²) in [6.45, 7) is 8.62. The largest absolute Gasteiger partial charge is 0.507 e. The number of phenolic OH excluding ortho intramolecular Hbond substituents is 1. The fraction of sp³-hybridized carbons (Fsp3) is 0.320. The molecule has 0 saturated carbocycles. The third kappa shape index (κ3) is 5.91. The van der Waals surface area contributed by atoms with Gasteiger partial charge in [-0.3, -0.25) is 4.79 Å². The molecule has 3 aromatic rings. The van der Waals surface area contributed by atoms with E-state index >= 15 is 0 Å². The molecule has 2 aromatic carbocycles. The third-order valence-electron chi connectivity index (χ3n) is 4.65. The number of nitrogens with one attached hydrogen (secondary N) is 1. The molecular weight excluding hydrogens is 426 g/mol. The maximum Gasteiger partial charge on any atom is 0.408 e. The molecule has 33 heavy (non-hydrogen) atoms. The molecule has 0 spiro atoms. The maximum absolute atomic E-state index is 12.8. The molecule has 0 aliphatic rings. The summed E-state index contributed by atoms with van der Waals surface area (Å²) < 4.78 is 16.4. The van der Waals surface area contributed by atoms with Gasteiger partial charge in [0.15, 0.2) is 5.43 Å². The van der Waals surface area contributed by atoms with E-state index in [4.69, 9.17) is 13.9 Å². The molecule has 174 valence electrons. The minimum absolute atomic E-state index is 0.0261. The summed E-state index contributed by atoms with van der Waals surface area (Å²) in [5.74, 6) is -1.17. The Balaban J connectivity index is 1.90. The van der Waals surface area contributed by atoms with Gasteiger partial charge in [0.25, 0.3) is 0 Å². The van der Waals surface area contributed by atoms with Crippen molar-refractivity contribution >= 4 is 23.0 Å². The predicted molar refractivity (Wildman–Crippen MR) is 123 cm³/mol. The number of hydrogen-bond acceptors (Lipinski definition) is 7. The molecule has 8 heteroatoms. The molecule has 1 unspecified atom stereocenters. The SMILES string of the molecule is CC(C)C(NC(=O)OC(C)(C)C)C(=O)Oc1cc(O)c2c(=O)cc(-c3ccccc3)oc2c1. The number of aromatic hydroxyl groups is 1. The van der Waals surface area contributed by atoms with Gasteiger partial charge in [-0.1, -0.05) is 44.2 Å². The number of benzene rings is 2. The van der Waals surface area contributed by atoms with Crippen LogP contribution in [0.2, 0.25) is 0 Å². The first-order chi connectivity index (χ1) is 15.4. The number of ether oxygens (including phenoxy) is 2. The third-order valence-corrected chi connectivity index (χ3v) is 4.65. The van der Waals surface area contributed by atoms with Crippen LogP contribution in [0.1, 0.15) is 34.6 Å². The van der Waals surface area contributed by atoms with Crippen LogP contribution >= 0.6 is 0 Å². The van der Waals surface area contributed by atoms with Crippen molar-refractivity contribution in [3.63, 3.8) is 0 Å². The number of phenols is 1. The summed E-state index contributed by atoms with van der Waals surface area (Å²) in [6.07, 6.45) is -0.752. The van der Waals surface area contributed by atoms with Crippen LogP contribution in [-0.2, 0) is 9.53 Å². The van der Waals surface area contributed by atoms with Crippen molar-refractivity contribution in [2.45, 2.75) is 46.3 Å². The van der Waals surface area contributed by atoms with Crippen molar-refractivity contribution < 1.29 is 28.6 Å². The minimum atomic E-state index is -1.000. The van der Waals surface area contributed by atoms with E-state index in [0.717, 1.165) is 6.07 Å². The van der Waals surface area contributed by atoms with Crippen molar-refractivity contribution in [2.75, 3.05) is 0 Å². The smallest absolute Gasteiger partial charge is 0.408 e. The Kier molecular flexibility index (Phi) is 6.76. The molecule has 1 aromatic heterocycles. The van der Waals surface area contributed by atoms with Crippen molar-refractivity contribution in [3.05, 3.63) is 58.8 Å². The first-order valence-electron chi connectivity index (χ1n) is 10.5. The van der Waals surface area contributed by atoms with Crippen LogP contribution in [0.4, 0.5) is 4.79 Å². The normalized spacial score (nSPS) is 12.4. The number of carbonyl (C=O) groups excluding carboxylic acids is 2. The average Bonchev–Trinajstić information content (AvgIpc) is 2.70. The Bertz CT molecular complexity index is 1220. The zero-order valence-corrected chi connectivity index (χ0v) is 19.2. The average molecular weight is 453 g/mol. The second-order valence-corrected chi connectivity index (χ2v) is 8.95. The Morgan fingerprint density at radius 3 is 2.33 bits per heavy atom. The van der Waals surface area contributed by atoms with Gasteiger partial charge in [0.05, 0.1) is 0 Å². The van der Waals surface area contributed by atoms with Crippen LogP contribution in [0.15, 0.2) is 57.7 Å². The highest BCUT2D eigenvalue weighted by molar-refractivity contribution is 5.88. The fourth-order valence-electron chi connectivity index (χ4n) is 3.16. The first-order valence-corrected chi connectivity index (χ1v) is 10.5. The van der Waals surface area contributed by atoms with Crippen LogP contribution in [0.5, 0.6) is 11.5 Å². The second kappa shape index (κ2) is 9.36. The molecular formula is C25H27NO7. The lowest BCUT2D eigenvalue weighted by Crippen LogP contribution is -2.48. The number of esters is 1. The zero-order chi connectivity index (χ0) is 24.3. The molecule has 0 saturated heterocycles.